The molecule has 0 aromatic carbocycles. The molecule has 0 bridgehead atoms. The van der Waals surface area contributed by atoms with Crippen LogP contribution in [0.5, 0.6) is 0 Å². The smallest absolute Gasteiger partial charge is 0.178 e. The molecule has 3 saturated carbocycles. The van der Waals surface area contributed by atoms with E-state index in [-0.39, 0.29) is 34.7 Å². The van der Waals surface area contributed by atoms with E-state index in [9.17, 15) is 24.9 Å². The van der Waals surface area contributed by atoms with E-state index in [1.54, 1.807) is 12.2 Å². The Balaban J connectivity index is 1.74. The highest BCUT2D eigenvalue weighted by Crippen LogP contribution is 2.66. The Kier molecular flexibility index (Phi) is 4.07. The van der Waals surface area contributed by atoms with Crippen LogP contribution in [-0.4, -0.2) is 45.7 Å². The maximum atomic E-state index is 12.3. The number of hydrogen-bond donors (Lipinski definition) is 3. The third kappa shape index (κ3) is 2.26. The molecular formula is C21H28O5. The number of Topliss-reactive ketones (excluding diaryl/α,β-unsaturated/α-hetero) is 1. The third-order valence-corrected chi connectivity index (χ3v) is 8.02. The van der Waals surface area contributed by atoms with E-state index in [2.05, 4.69) is 6.92 Å². The van der Waals surface area contributed by atoms with Crippen LogP contribution in [-0.2, 0) is 9.59 Å². The lowest BCUT2D eigenvalue weighted by Crippen LogP contribution is -2.56. The Hall–Kier alpha value is -1.30. The van der Waals surface area contributed by atoms with Crippen LogP contribution in [0, 0.1) is 34.5 Å². The average Bonchev–Trinajstić information content (AvgIpc) is 2.84. The zero-order valence-electron chi connectivity index (χ0n) is 15.4. The van der Waals surface area contributed by atoms with E-state index in [0.717, 1.165) is 18.4 Å². The van der Waals surface area contributed by atoms with Gasteiger partial charge in [0.05, 0.1) is 18.1 Å². The van der Waals surface area contributed by atoms with E-state index in [1.807, 2.05) is 13.0 Å². The molecule has 0 heterocycles. The normalized spacial score (nSPS) is 49.9. The van der Waals surface area contributed by atoms with E-state index in [4.69, 9.17) is 0 Å². The molecular weight excluding hydrogens is 332 g/mol. The van der Waals surface area contributed by atoms with Gasteiger partial charge < -0.3 is 15.3 Å². The minimum atomic E-state index is -0.760. The number of fused-ring (bicyclic) bond motifs is 5. The van der Waals surface area contributed by atoms with Gasteiger partial charge in [0.2, 0.25) is 0 Å². The Bertz CT molecular complexity index is 709. The first-order valence-electron chi connectivity index (χ1n) is 9.66. The Morgan fingerprint density at radius 3 is 2.69 bits per heavy atom. The summed E-state index contributed by atoms with van der Waals surface area (Å²) < 4.78 is 0. The monoisotopic (exact) mass is 360 g/mol. The van der Waals surface area contributed by atoms with Crippen molar-refractivity contribution in [2.45, 2.75) is 51.7 Å². The summed E-state index contributed by atoms with van der Waals surface area (Å²) in [7, 11) is 0. The Labute approximate surface area is 153 Å². The molecule has 0 spiro atoms. The molecule has 0 saturated heterocycles. The number of aliphatic hydroxyl groups excluding tert-OH is 3. The van der Waals surface area contributed by atoms with Crippen molar-refractivity contribution < 1.29 is 24.9 Å². The summed E-state index contributed by atoms with van der Waals surface area (Å²) in [6.45, 7) is 3.54. The number of ketones is 2. The quantitative estimate of drug-likeness (QED) is 0.692. The molecule has 0 aliphatic heterocycles. The van der Waals surface area contributed by atoms with Gasteiger partial charge in [-0.1, -0.05) is 25.5 Å². The Morgan fingerprint density at radius 1 is 1.27 bits per heavy atom. The highest BCUT2D eigenvalue weighted by Gasteiger charge is 2.64. The number of allylic oxidation sites excluding steroid dienone is 4. The number of aliphatic hydroxyl groups is 3. The maximum Gasteiger partial charge on any atom is 0.178 e. The van der Waals surface area contributed by atoms with E-state index in [1.165, 1.54) is 0 Å². The average molecular weight is 360 g/mol. The van der Waals surface area contributed by atoms with Crippen molar-refractivity contribution in [3.63, 3.8) is 0 Å². The van der Waals surface area contributed by atoms with E-state index >= 15 is 0 Å². The van der Waals surface area contributed by atoms with Gasteiger partial charge in [0, 0.05) is 11.3 Å². The van der Waals surface area contributed by atoms with Crippen molar-refractivity contribution in [3.05, 3.63) is 23.8 Å². The van der Waals surface area contributed by atoms with Crippen LogP contribution in [0.15, 0.2) is 23.8 Å². The van der Waals surface area contributed by atoms with E-state index in [0.29, 0.717) is 12.8 Å². The largest absolute Gasteiger partial charge is 0.393 e. The van der Waals surface area contributed by atoms with Crippen LogP contribution in [0.1, 0.15) is 39.5 Å². The second kappa shape index (κ2) is 5.85. The van der Waals surface area contributed by atoms with Crippen molar-refractivity contribution in [3.8, 4) is 0 Å². The molecule has 0 radical (unpaired) electrons. The predicted molar refractivity (Wildman–Crippen MR) is 95.0 cm³/mol. The van der Waals surface area contributed by atoms with Gasteiger partial charge >= 0.3 is 0 Å². The second-order valence-corrected chi connectivity index (χ2v) is 9.21. The zero-order valence-corrected chi connectivity index (χ0v) is 15.4. The summed E-state index contributed by atoms with van der Waals surface area (Å²) >= 11 is 0. The third-order valence-electron chi connectivity index (χ3n) is 8.02. The molecule has 4 rings (SSSR count). The van der Waals surface area contributed by atoms with Crippen LogP contribution in [0.3, 0.4) is 0 Å². The van der Waals surface area contributed by atoms with E-state index < -0.39 is 30.1 Å². The molecule has 4 aliphatic rings. The lowest BCUT2D eigenvalue weighted by Gasteiger charge is -2.58. The summed E-state index contributed by atoms with van der Waals surface area (Å²) in [6, 6.07) is 0. The van der Waals surface area contributed by atoms with Crippen molar-refractivity contribution in [1.29, 1.82) is 0 Å². The summed E-state index contributed by atoms with van der Waals surface area (Å²) in [5.74, 6) is -0.609. The molecule has 142 valence electrons. The Morgan fingerprint density at radius 2 is 2.00 bits per heavy atom. The van der Waals surface area contributed by atoms with Crippen LogP contribution in [0.25, 0.3) is 0 Å². The van der Waals surface area contributed by atoms with Gasteiger partial charge in [-0.05, 0) is 55.1 Å². The lowest BCUT2D eigenvalue weighted by molar-refractivity contribution is -0.144. The number of hydrogen-bond acceptors (Lipinski definition) is 5. The van der Waals surface area contributed by atoms with Crippen LogP contribution in [0.4, 0.5) is 0 Å². The van der Waals surface area contributed by atoms with Gasteiger partial charge in [-0.2, -0.15) is 0 Å². The molecule has 3 fully saturated rings. The van der Waals surface area contributed by atoms with Crippen molar-refractivity contribution >= 4 is 11.6 Å². The fourth-order valence-corrected chi connectivity index (χ4v) is 7.02. The highest BCUT2D eigenvalue weighted by atomic mass is 16.3. The number of rotatable bonds is 2. The van der Waals surface area contributed by atoms with Gasteiger partial charge in [0.15, 0.2) is 11.6 Å². The van der Waals surface area contributed by atoms with Crippen LogP contribution < -0.4 is 0 Å². The first kappa shape index (κ1) is 18.1. The number of carbonyl (C=O) groups excluding carboxylic acids is 2. The standard InChI is InChI=1S/C21H28O5/c1-20-6-5-12(23)7-11(20)3-4-13-14-8-15(24)19(17(26)10-22)21(14,2)9-16(25)18(13)20/h5-7,13-16,18-19,22,24-25H,3-4,8-10H2,1-2H3/t13?,14?,15-,16+,18?,19?,20+,21+/m1/s1. The predicted octanol–water partition coefficient (Wildman–Crippen LogP) is 1.41. The summed E-state index contributed by atoms with van der Waals surface area (Å²) in [5.41, 5.74) is 0.253. The lowest BCUT2D eigenvalue weighted by atomic mass is 9.46. The molecule has 5 nitrogen and oxygen atoms in total. The topological polar surface area (TPSA) is 94.8 Å². The van der Waals surface area contributed by atoms with Crippen LogP contribution >= 0.6 is 0 Å². The maximum absolute atomic E-state index is 12.3. The van der Waals surface area contributed by atoms with Crippen molar-refractivity contribution in [2.75, 3.05) is 6.61 Å². The molecule has 0 aromatic rings. The SMILES string of the molecule is C[C@]12C[C@H](O)C3C(CCC4=CC(=O)C=C[C@@]43C)C1C[C@@H](O)C2C(=O)CO. The second-order valence-electron chi connectivity index (χ2n) is 9.21. The molecule has 8 atom stereocenters. The first-order chi connectivity index (χ1) is 12.2. The van der Waals surface area contributed by atoms with Gasteiger partial charge in [-0.15, -0.1) is 0 Å². The summed E-state index contributed by atoms with van der Waals surface area (Å²) in [4.78, 5) is 24.1. The molecule has 0 amide bonds. The van der Waals surface area contributed by atoms with Gasteiger partial charge in [0.1, 0.15) is 6.61 Å². The van der Waals surface area contributed by atoms with Gasteiger partial charge in [-0.3, -0.25) is 9.59 Å². The number of carbonyl (C=O) groups is 2. The first-order valence-corrected chi connectivity index (χ1v) is 9.66. The zero-order chi connectivity index (χ0) is 18.9. The molecule has 26 heavy (non-hydrogen) atoms. The highest BCUT2D eigenvalue weighted by molar-refractivity contribution is 6.01. The minimum absolute atomic E-state index is 0.0101. The molecule has 3 N–H and O–H groups in total. The molecule has 4 aliphatic carbocycles. The fourth-order valence-electron chi connectivity index (χ4n) is 7.02. The summed E-state index contributed by atoms with van der Waals surface area (Å²) in [5, 5.41) is 31.1. The summed E-state index contributed by atoms with van der Waals surface area (Å²) in [6.07, 6.45) is 6.56. The van der Waals surface area contributed by atoms with Gasteiger partial charge in [0.25, 0.3) is 0 Å². The van der Waals surface area contributed by atoms with Crippen molar-refractivity contribution in [1.82, 2.24) is 0 Å². The van der Waals surface area contributed by atoms with Crippen LogP contribution in [0.2, 0.25) is 0 Å². The fraction of sp³-hybridized carbons (Fsp3) is 0.714. The molecule has 4 unspecified atom stereocenters. The minimum Gasteiger partial charge on any atom is -0.393 e. The van der Waals surface area contributed by atoms with Gasteiger partial charge in [-0.25, -0.2) is 0 Å². The van der Waals surface area contributed by atoms with Crippen molar-refractivity contribution in [2.24, 2.45) is 34.5 Å². The molecule has 0 aromatic heterocycles. The molecule has 5 heteroatoms.